The number of amides is 2. The van der Waals surface area contributed by atoms with Crippen molar-refractivity contribution >= 4 is 17.5 Å². The van der Waals surface area contributed by atoms with Crippen LogP contribution in [-0.4, -0.2) is 37.7 Å². The lowest BCUT2D eigenvalue weighted by molar-refractivity contribution is -0.129. The summed E-state index contributed by atoms with van der Waals surface area (Å²) in [5, 5.41) is 10.9. The van der Waals surface area contributed by atoms with E-state index in [4.69, 9.17) is 5.21 Å². The van der Waals surface area contributed by atoms with Gasteiger partial charge in [0, 0.05) is 38.3 Å². The fraction of sp³-hybridized carbons (Fsp3) is 0.333. The van der Waals surface area contributed by atoms with Crippen LogP contribution < -0.4 is 15.7 Å². The van der Waals surface area contributed by atoms with E-state index in [0.29, 0.717) is 5.56 Å². The summed E-state index contributed by atoms with van der Waals surface area (Å²) in [6, 6.07) is 7.12. The predicted octanol–water partition coefficient (Wildman–Crippen LogP) is 0.378. The van der Waals surface area contributed by atoms with E-state index in [1.54, 1.807) is 12.1 Å². The summed E-state index contributed by atoms with van der Waals surface area (Å²) in [5.41, 5.74) is 3.04. The second kappa shape index (κ2) is 6.61. The fourth-order valence-corrected chi connectivity index (χ4v) is 1.36. The summed E-state index contributed by atoms with van der Waals surface area (Å²) in [5.74, 6) is -0.774. The van der Waals surface area contributed by atoms with Crippen molar-refractivity contribution in [3.8, 4) is 0 Å². The number of anilines is 1. The second-order valence-electron chi connectivity index (χ2n) is 3.98. The van der Waals surface area contributed by atoms with Gasteiger partial charge < -0.3 is 10.2 Å². The quantitative estimate of drug-likeness (QED) is 0.522. The SMILES string of the molecule is CN(C)c1ccc(C(=O)NCCC(=O)NO)cc1. The lowest BCUT2D eigenvalue weighted by atomic mass is 10.2. The van der Waals surface area contributed by atoms with Crippen molar-refractivity contribution in [2.45, 2.75) is 6.42 Å². The van der Waals surface area contributed by atoms with Crippen LogP contribution in [0.1, 0.15) is 16.8 Å². The van der Waals surface area contributed by atoms with E-state index in [1.807, 2.05) is 31.1 Å². The zero-order chi connectivity index (χ0) is 13.5. The summed E-state index contributed by atoms with van der Waals surface area (Å²) < 4.78 is 0. The minimum absolute atomic E-state index is 0.0397. The molecule has 0 heterocycles. The second-order valence-corrected chi connectivity index (χ2v) is 3.98. The topological polar surface area (TPSA) is 81.7 Å². The molecule has 0 aliphatic carbocycles. The maximum atomic E-state index is 11.7. The smallest absolute Gasteiger partial charge is 0.251 e. The Labute approximate surface area is 106 Å². The molecule has 1 rings (SSSR count). The molecular weight excluding hydrogens is 234 g/mol. The van der Waals surface area contributed by atoms with Gasteiger partial charge in [-0.25, -0.2) is 5.48 Å². The molecule has 98 valence electrons. The van der Waals surface area contributed by atoms with Crippen LogP contribution in [0.25, 0.3) is 0 Å². The molecule has 0 bridgehead atoms. The number of hydroxylamine groups is 1. The Morgan fingerprint density at radius 1 is 1.22 bits per heavy atom. The number of benzene rings is 1. The normalized spacial score (nSPS) is 9.72. The van der Waals surface area contributed by atoms with E-state index < -0.39 is 5.91 Å². The van der Waals surface area contributed by atoms with Gasteiger partial charge >= 0.3 is 0 Å². The number of hydrogen-bond acceptors (Lipinski definition) is 4. The Hall–Kier alpha value is -2.08. The molecule has 0 saturated heterocycles. The molecule has 0 fully saturated rings. The first kappa shape index (κ1) is 14.0. The molecule has 0 radical (unpaired) electrons. The molecular formula is C12H17N3O3. The third-order valence-corrected chi connectivity index (χ3v) is 2.41. The maximum absolute atomic E-state index is 11.7. The average Bonchev–Trinajstić information content (AvgIpc) is 2.38. The van der Waals surface area contributed by atoms with E-state index >= 15 is 0 Å². The Morgan fingerprint density at radius 3 is 2.33 bits per heavy atom. The maximum Gasteiger partial charge on any atom is 0.251 e. The first-order chi connectivity index (χ1) is 8.54. The van der Waals surface area contributed by atoms with E-state index in [1.165, 1.54) is 5.48 Å². The van der Waals surface area contributed by atoms with Crippen LogP contribution in [0.2, 0.25) is 0 Å². The number of nitrogens with zero attached hydrogens (tertiary/aromatic N) is 1. The minimum Gasteiger partial charge on any atom is -0.378 e. The van der Waals surface area contributed by atoms with Gasteiger partial charge in [-0.2, -0.15) is 0 Å². The first-order valence-corrected chi connectivity index (χ1v) is 5.53. The molecule has 18 heavy (non-hydrogen) atoms. The number of rotatable bonds is 5. The van der Waals surface area contributed by atoms with Crippen molar-refractivity contribution in [3.05, 3.63) is 29.8 Å². The van der Waals surface area contributed by atoms with Gasteiger partial charge in [0.1, 0.15) is 0 Å². The molecule has 0 aromatic heterocycles. The average molecular weight is 251 g/mol. The Balaban J connectivity index is 2.49. The lowest BCUT2D eigenvalue weighted by Crippen LogP contribution is -2.29. The number of nitrogens with one attached hydrogen (secondary N) is 2. The highest BCUT2D eigenvalue weighted by molar-refractivity contribution is 5.94. The highest BCUT2D eigenvalue weighted by atomic mass is 16.5. The zero-order valence-electron chi connectivity index (χ0n) is 10.4. The van der Waals surface area contributed by atoms with Crippen LogP contribution in [0.5, 0.6) is 0 Å². The third kappa shape index (κ3) is 4.06. The van der Waals surface area contributed by atoms with Crippen LogP contribution in [0.4, 0.5) is 5.69 Å². The van der Waals surface area contributed by atoms with Crippen molar-refractivity contribution in [3.63, 3.8) is 0 Å². The summed E-state index contributed by atoms with van der Waals surface area (Å²) in [4.78, 5) is 24.3. The number of hydrogen-bond donors (Lipinski definition) is 3. The molecule has 3 N–H and O–H groups in total. The Bertz CT molecular complexity index is 415. The molecule has 0 aliphatic heterocycles. The third-order valence-electron chi connectivity index (χ3n) is 2.41. The summed E-state index contributed by atoms with van der Waals surface area (Å²) in [6.07, 6.45) is 0.0397. The molecule has 0 saturated carbocycles. The molecule has 0 spiro atoms. The van der Waals surface area contributed by atoms with Crippen LogP contribution in [0, 0.1) is 0 Å². The lowest BCUT2D eigenvalue weighted by Gasteiger charge is -2.12. The van der Waals surface area contributed by atoms with Crippen molar-refractivity contribution in [1.82, 2.24) is 10.8 Å². The zero-order valence-corrected chi connectivity index (χ0v) is 10.4. The molecule has 2 amide bonds. The van der Waals surface area contributed by atoms with Gasteiger partial charge in [-0.05, 0) is 24.3 Å². The van der Waals surface area contributed by atoms with E-state index in [-0.39, 0.29) is 18.9 Å². The molecule has 0 atom stereocenters. The van der Waals surface area contributed by atoms with Crippen LogP contribution in [-0.2, 0) is 4.79 Å². The van der Waals surface area contributed by atoms with E-state index in [9.17, 15) is 9.59 Å². The van der Waals surface area contributed by atoms with Crippen molar-refractivity contribution < 1.29 is 14.8 Å². The largest absolute Gasteiger partial charge is 0.378 e. The predicted molar refractivity (Wildman–Crippen MR) is 67.6 cm³/mol. The van der Waals surface area contributed by atoms with Gasteiger partial charge in [-0.1, -0.05) is 0 Å². The highest BCUT2D eigenvalue weighted by Gasteiger charge is 2.06. The van der Waals surface area contributed by atoms with Gasteiger partial charge in [0.2, 0.25) is 5.91 Å². The van der Waals surface area contributed by atoms with Crippen LogP contribution in [0.3, 0.4) is 0 Å². The molecule has 1 aromatic carbocycles. The first-order valence-electron chi connectivity index (χ1n) is 5.53. The van der Waals surface area contributed by atoms with Crippen molar-refractivity contribution in [2.75, 3.05) is 25.5 Å². The van der Waals surface area contributed by atoms with Gasteiger partial charge in [0.15, 0.2) is 0 Å². The minimum atomic E-state index is -0.529. The van der Waals surface area contributed by atoms with Gasteiger partial charge in [-0.3, -0.25) is 14.8 Å². The van der Waals surface area contributed by atoms with Crippen LogP contribution in [0.15, 0.2) is 24.3 Å². The Morgan fingerprint density at radius 2 is 1.83 bits per heavy atom. The van der Waals surface area contributed by atoms with Crippen molar-refractivity contribution in [2.24, 2.45) is 0 Å². The highest BCUT2D eigenvalue weighted by Crippen LogP contribution is 2.11. The monoisotopic (exact) mass is 251 g/mol. The molecule has 1 aromatic rings. The molecule has 0 aliphatic rings. The van der Waals surface area contributed by atoms with Crippen molar-refractivity contribution in [1.29, 1.82) is 0 Å². The standard InChI is InChI=1S/C12H17N3O3/c1-15(2)10-5-3-9(4-6-10)12(17)13-8-7-11(16)14-18/h3-6,18H,7-8H2,1-2H3,(H,13,17)(H,14,16). The molecule has 6 heteroatoms. The summed E-state index contributed by atoms with van der Waals surface area (Å²) in [7, 11) is 3.84. The number of carbonyl (C=O) groups excluding carboxylic acids is 2. The molecule has 0 unspecified atom stereocenters. The van der Waals surface area contributed by atoms with Gasteiger partial charge in [0.05, 0.1) is 0 Å². The Kier molecular flexibility index (Phi) is 5.13. The van der Waals surface area contributed by atoms with Gasteiger partial charge in [0.25, 0.3) is 5.91 Å². The van der Waals surface area contributed by atoms with Gasteiger partial charge in [-0.15, -0.1) is 0 Å². The summed E-state index contributed by atoms with van der Waals surface area (Å²) >= 11 is 0. The fourth-order valence-electron chi connectivity index (χ4n) is 1.36. The number of carbonyl (C=O) groups is 2. The molecule has 6 nitrogen and oxygen atoms in total. The van der Waals surface area contributed by atoms with Crippen LogP contribution >= 0.6 is 0 Å². The summed E-state index contributed by atoms with van der Waals surface area (Å²) in [6.45, 7) is 0.181. The van der Waals surface area contributed by atoms with E-state index in [0.717, 1.165) is 5.69 Å². The van der Waals surface area contributed by atoms with E-state index in [2.05, 4.69) is 5.32 Å².